The summed E-state index contributed by atoms with van der Waals surface area (Å²) in [5.41, 5.74) is -0.439. The molecule has 1 aromatic heterocycles. The lowest BCUT2D eigenvalue weighted by molar-refractivity contribution is -0.383. The third-order valence-electron chi connectivity index (χ3n) is 3.55. The Morgan fingerprint density at radius 1 is 1.29 bits per heavy atom. The van der Waals surface area contributed by atoms with E-state index in [-0.39, 0.29) is 22.9 Å². The Labute approximate surface area is 142 Å². The number of rotatable bonds is 7. The summed E-state index contributed by atoms with van der Waals surface area (Å²) >= 11 is 0. The summed E-state index contributed by atoms with van der Waals surface area (Å²) in [5.74, 6) is 0.488. The molecule has 2 heterocycles. The van der Waals surface area contributed by atoms with E-state index in [0.717, 1.165) is 39.3 Å². The Morgan fingerprint density at radius 3 is 2.58 bits per heavy atom. The molecule has 2 N–H and O–H groups in total. The van der Waals surface area contributed by atoms with Crippen LogP contribution < -0.4 is 10.6 Å². The monoisotopic (exact) mass is 338 g/mol. The SMILES string of the molecule is CC(C)(C)Nc1ncnc(NCCCN2CCOCC2)c1[N+](=O)[O-]. The topological polar surface area (TPSA) is 105 Å². The lowest BCUT2D eigenvalue weighted by Gasteiger charge is -2.26. The van der Waals surface area contributed by atoms with Crippen molar-refractivity contribution in [2.45, 2.75) is 32.7 Å². The zero-order chi connectivity index (χ0) is 17.6. The Hall–Kier alpha value is -2.00. The quantitative estimate of drug-likeness (QED) is 0.440. The minimum absolute atomic E-state index is 0.112. The molecule has 1 aliphatic heterocycles. The Kier molecular flexibility index (Phi) is 6.27. The van der Waals surface area contributed by atoms with Crippen LogP contribution in [0.15, 0.2) is 6.33 Å². The van der Waals surface area contributed by atoms with Crippen LogP contribution in [0.1, 0.15) is 27.2 Å². The maximum atomic E-state index is 11.4. The van der Waals surface area contributed by atoms with E-state index in [1.807, 2.05) is 20.8 Å². The maximum absolute atomic E-state index is 11.4. The van der Waals surface area contributed by atoms with Gasteiger partial charge in [-0.2, -0.15) is 0 Å². The zero-order valence-corrected chi connectivity index (χ0v) is 14.5. The standard InChI is InChI=1S/C15H26N6O3/c1-15(2,3)19-14-12(21(22)23)13(17-11-18-14)16-5-4-6-20-7-9-24-10-8-20/h11H,4-10H2,1-3H3,(H2,16,17,18,19). The summed E-state index contributed by atoms with van der Waals surface area (Å²) in [7, 11) is 0. The highest BCUT2D eigenvalue weighted by atomic mass is 16.6. The number of anilines is 2. The zero-order valence-electron chi connectivity index (χ0n) is 14.5. The second kappa shape index (κ2) is 8.20. The van der Waals surface area contributed by atoms with Gasteiger partial charge in [0.05, 0.1) is 18.1 Å². The van der Waals surface area contributed by atoms with Gasteiger partial charge in [0, 0.05) is 25.2 Å². The molecular formula is C15H26N6O3. The van der Waals surface area contributed by atoms with Crippen molar-refractivity contribution >= 4 is 17.3 Å². The molecule has 9 nitrogen and oxygen atoms in total. The van der Waals surface area contributed by atoms with Gasteiger partial charge < -0.3 is 15.4 Å². The molecule has 0 spiro atoms. The molecule has 1 aromatic rings. The fourth-order valence-corrected chi connectivity index (χ4v) is 2.46. The van der Waals surface area contributed by atoms with Gasteiger partial charge >= 0.3 is 5.69 Å². The highest BCUT2D eigenvalue weighted by molar-refractivity contribution is 5.69. The predicted octanol–water partition coefficient (Wildman–Crippen LogP) is 1.73. The van der Waals surface area contributed by atoms with Gasteiger partial charge in [-0.25, -0.2) is 9.97 Å². The van der Waals surface area contributed by atoms with E-state index in [1.165, 1.54) is 6.33 Å². The molecule has 0 unspecified atom stereocenters. The molecule has 1 fully saturated rings. The highest BCUT2D eigenvalue weighted by Gasteiger charge is 2.25. The lowest BCUT2D eigenvalue weighted by Crippen LogP contribution is -2.37. The normalized spacial score (nSPS) is 16.0. The summed E-state index contributed by atoms with van der Waals surface area (Å²) in [6.45, 7) is 10.7. The van der Waals surface area contributed by atoms with E-state index >= 15 is 0 Å². The summed E-state index contributed by atoms with van der Waals surface area (Å²) in [4.78, 5) is 21.4. The molecule has 0 saturated carbocycles. The molecule has 0 aromatic carbocycles. The van der Waals surface area contributed by atoms with Gasteiger partial charge in [0.15, 0.2) is 0 Å². The first-order valence-electron chi connectivity index (χ1n) is 8.18. The van der Waals surface area contributed by atoms with Gasteiger partial charge in [-0.15, -0.1) is 0 Å². The average Bonchev–Trinajstić information content (AvgIpc) is 2.51. The third kappa shape index (κ3) is 5.57. The van der Waals surface area contributed by atoms with E-state index in [2.05, 4.69) is 25.5 Å². The van der Waals surface area contributed by atoms with Gasteiger partial charge in [0.1, 0.15) is 6.33 Å². The minimum atomic E-state index is -0.446. The first-order chi connectivity index (χ1) is 11.4. The van der Waals surface area contributed by atoms with Crippen molar-refractivity contribution in [1.29, 1.82) is 0 Å². The van der Waals surface area contributed by atoms with Crippen LogP contribution in [-0.4, -0.2) is 64.7 Å². The van der Waals surface area contributed by atoms with Gasteiger partial charge in [-0.3, -0.25) is 15.0 Å². The molecule has 1 aliphatic rings. The van der Waals surface area contributed by atoms with E-state index < -0.39 is 4.92 Å². The molecular weight excluding hydrogens is 312 g/mol. The van der Waals surface area contributed by atoms with Crippen molar-refractivity contribution in [1.82, 2.24) is 14.9 Å². The average molecular weight is 338 g/mol. The van der Waals surface area contributed by atoms with Crippen LogP contribution in [0.4, 0.5) is 17.3 Å². The van der Waals surface area contributed by atoms with Crippen molar-refractivity contribution in [3.05, 3.63) is 16.4 Å². The highest BCUT2D eigenvalue weighted by Crippen LogP contribution is 2.30. The molecule has 9 heteroatoms. The van der Waals surface area contributed by atoms with E-state index in [0.29, 0.717) is 6.54 Å². The predicted molar refractivity (Wildman–Crippen MR) is 92.4 cm³/mol. The largest absolute Gasteiger partial charge is 0.379 e. The van der Waals surface area contributed by atoms with E-state index in [1.54, 1.807) is 0 Å². The smallest absolute Gasteiger partial charge is 0.353 e. The first kappa shape index (κ1) is 18.3. The van der Waals surface area contributed by atoms with Gasteiger partial charge in [0.25, 0.3) is 0 Å². The van der Waals surface area contributed by atoms with Crippen molar-refractivity contribution < 1.29 is 9.66 Å². The number of hydrogen-bond donors (Lipinski definition) is 2. The van der Waals surface area contributed by atoms with Crippen LogP contribution in [-0.2, 0) is 4.74 Å². The molecule has 134 valence electrons. The Bertz CT molecular complexity index is 555. The fraction of sp³-hybridized carbons (Fsp3) is 0.733. The molecule has 0 bridgehead atoms. The Balaban J connectivity index is 1.96. The number of aromatic nitrogens is 2. The first-order valence-corrected chi connectivity index (χ1v) is 8.18. The molecule has 0 aliphatic carbocycles. The minimum Gasteiger partial charge on any atom is -0.379 e. The van der Waals surface area contributed by atoms with Crippen molar-refractivity contribution in [3.8, 4) is 0 Å². The molecule has 24 heavy (non-hydrogen) atoms. The van der Waals surface area contributed by atoms with Crippen LogP contribution in [0, 0.1) is 10.1 Å². The summed E-state index contributed by atoms with van der Waals surface area (Å²) in [5, 5.41) is 17.6. The van der Waals surface area contributed by atoms with Crippen LogP contribution in [0.25, 0.3) is 0 Å². The van der Waals surface area contributed by atoms with E-state index in [4.69, 9.17) is 4.74 Å². The molecule has 1 saturated heterocycles. The molecule has 0 amide bonds. The summed E-state index contributed by atoms with van der Waals surface area (Å²) < 4.78 is 5.31. The van der Waals surface area contributed by atoms with Crippen LogP contribution >= 0.6 is 0 Å². The Morgan fingerprint density at radius 2 is 1.96 bits per heavy atom. The van der Waals surface area contributed by atoms with E-state index in [9.17, 15) is 10.1 Å². The number of nitrogens with one attached hydrogen (secondary N) is 2. The van der Waals surface area contributed by atoms with Crippen LogP contribution in [0.5, 0.6) is 0 Å². The number of nitro groups is 1. The molecule has 0 radical (unpaired) electrons. The van der Waals surface area contributed by atoms with Crippen LogP contribution in [0.2, 0.25) is 0 Å². The second-order valence-corrected chi connectivity index (χ2v) is 6.79. The van der Waals surface area contributed by atoms with Gasteiger partial charge in [0.2, 0.25) is 11.6 Å². The number of nitrogens with zero attached hydrogens (tertiary/aromatic N) is 4. The number of morpholine rings is 1. The van der Waals surface area contributed by atoms with Gasteiger partial charge in [-0.05, 0) is 33.7 Å². The van der Waals surface area contributed by atoms with Crippen molar-refractivity contribution in [3.63, 3.8) is 0 Å². The lowest BCUT2D eigenvalue weighted by atomic mass is 10.1. The summed E-state index contributed by atoms with van der Waals surface area (Å²) in [6.07, 6.45) is 2.22. The maximum Gasteiger partial charge on any atom is 0.353 e. The number of hydrogen-bond acceptors (Lipinski definition) is 8. The van der Waals surface area contributed by atoms with Crippen molar-refractivity contribution in [2.75, 3.05) is 50.0 Å². The molecule has 0 atom stereocenters. The second-order valence-electron chi connectivity index (χ2n) is 6.79. The van der Waals surface area contributed by atoms with Crippen LogP contribution in [0.3, 0.4) is 0 Å². The van der Waals surface area contributed by atoms with Crippen molar-refractivity contribution in [2.24, 2.45) is 0 Å². The number of ether oxygens (including phenoxy) is 1. The summed E-state index contributed by atoms with van der Waals surface area (Å²) in [6, 6.07) is 0. The van der Waals surface area contributed by atoms with Gasteiger partial charge in [-0.1, -0.05) is 0 Å². The molecule has 2 rings (SSSR count). The fourth-order valence-electron chi connectivity index (χ4n) is 2.46. The third-order valence-corrected chi connectivity index (χ3v) is 3.55.